The van der Waals surface area contributed by atoms with Gasteiger partial charge in [-0.1, -0.05) is 12.1 Å². The Morgan fingerprint density at radius 3 is 2.58 bits per heavy atom. The molecule has 0 saturated heterocycles. The van der Waals surface area contributed by atoms with Gasteiger partial charge in [-0.3, -0.25) is 0 Å². The third-order valence-electron chi connectivity index (χ3n) is 4.30. The highest BCUT2D eigenvalue weighted by Crippen LogP contribution is 2.34. The van der Waals surface area contributed by atoms with E-state index < -0.39 is 0 Å². The summed E-state index contributed by atoms with van der Waals surface area (Å²) >= 11 is 0. The molecule has 1 N–H and O–H groups in total. The van der Waals surface area contributed by atoms with E-state index in [4.69, 9.17) is 5.10 Å². The van der Waals surface area contributed by atoms with Crippen LogP contribution in [0.25, 0.3) is 16.9 Å². The molecule has 2 heterocycles. The summed E-state index contributed by atoms with van der Waals surface area (Å²) in [6.07, 6.45) is 3.01. The summed E-state index contributed by atoms with van der Waals surface area (Å²) in [5.41, 5.74) is 3.41. The third kappa shape index (κ3) is 2.66. The molecule has 5 heteroatoms. The van der Waals surface area contributed by atoms with E-state index in [1.807, 2.05) is 6.07 Å². The number of halogens is 2. The Morgan fingerprint density at radius 1 is 0.958 bits per heavy atom. The molecule has 0 atom stereocenters. The number of aromatic nitrogens is 2. The summed E-state index contributed by atoms with van der Waals surface area (Å²) in [4.78, 5) is 0. The number of nitrogens with one attached hydrogen (secondary N) is 1. The highest BCUT2D eigenvalue weighted by molar-refractivity contribution is 5.71. The van der Waals surface area contributed by atoms with Crippen LogP contribution in [-0.2, 0) is 6.42 Å². The molecule has 2 aromatic carbocycles. The molecule has 24 heavy (non-hydrogen) atoms. The van der Waals surface area contributed by atoms with Gasteiger partial charge in [0.15, 0.2) is 0 Å². The zero-order valence-corrected chi connectivity index (χ0v) is 13.1. The van der Waals surface area contributed by atoms with Crippen molar-refractivity contribution in [2.45, 2.75) is 19.3 Å². The van der Waals surface area contributed by atoms with E-state index in [2.05, 4.69) is 5.32 Å². The molecule has 122 valence electrons. The molecule has 0 spiro atoms. The molecule has 4 rings (SSSR count). The average Bonchev–Trinajstić information content (AvgIpc) is 2.77. The molecule has 1 aliphatic heterocycles. The van der Waals surface area contributed by atoms with Crippen LogP contribution in [-0.4, -0.2) is 16.3 Å². The van der Waals surface area contributed by atoms with Crippen LogP contribution < -0.4 is 5.32 Å². The van der Waals surface area contributed by atoms with Gasteiger partial charge in [0.1, 0.15) is 17.5 Å². The molecule has 0 unspecified atom stereocenters. The smallest absolute Gasteiger partial charge is 0.133 e. The van der Waals surface area contributed by atoms with Crippen molar-refractivity contribution in [3.05, 3.63) is 65.7 Å². The fourth-order valence-electron chi connectivity index (χ4n) is 3.14. The Bertz CT molecular complexity index is 869. The van der Waals surface area contributed by atoms with Crippen LogP contribution in [0.5, 0.6) is 0 Å². The summed E-state index contributed by atoms with van der Waals surface area (Å²) in [6.45, 7) is 0.864. The van der Waals surface area contributed by atoms with Crippen molar-refractivity contribution in [2.75, 3.05) is 11.9 Å². The van der Waals surface area contributed by atoms with Crippen molar-refractivity contribution in [3.63, 3.8) is 0 Å². The monoisotopic (exact) mass is 325 g/mol. The average molecular weight is 325 g/mol. The van der Waals surface area contributed by atoms with Crippen molar-refractivity contribution in [1.82, 2.24) is 9.78 Å². The quantitative estimate of drug-likeness (QED) is 0.748. The summed E-state index contributed by atoms with van der Waals surface area (Å²) < 4.78 is 28.7. The number of hydrogen-bond donors (Lipinski definition) is 1. The Kier molecular flexibility index (Phi) is 3.76. The van der Waals surface area contributed by atoms with Gasteiger partial charge in [-0.05, 0) is 55.7 Å². The zero-order valence-electron chi connectivity index (χ0n) is 13.1. The number of fused-ring (bicyclic) bond motifs is 1. The molecule has 0 fully saturated rings. The number of benzene rings is 2. The van der Waals surface area contributed by atoms with Gasteiger partial charge in [0.05, 0.1) is 11.4 Å². The Balaban J connectivity index is 1.90. The first-order chi connectivity index (χ1) is 11.7. The molecule has 1 aliphatic rings. The van der Waals surface area contributed by atoms with Crippen LogP contribution >= 0.6 is 0 Å². The number of rotatable bonds is 2. The fourth-order valence-corrected chi connectivity index (χ4v) is 3.14. The molecule has 3 aromatic rings. The van der Waals surface area contributed by atoms with Crippen molar-refractivity contribution in [1.29, 1.82) is 0 Å². The van der Waals surface area contributed by atoms with Crippen LogP contribution in [0.2, 0.25) is 0 Å². The van der Waals surface area contributed by atoms with Gasteiger partial charge >= 0.3 is 0 Å². The Hall–Kier alpha value is -2.69. The zero-order chi connectivity index (χ0) is 16.5. The number of hydrogen-bond acceptors (Lipinski definition) is 2. The lowest BCUT2D eigenvalue weighted by Crippen LogP contribution is -2.07. The Morgan fingerprint density at radius 2 is 1.79 bits per heavy atom. The molecule has 0 aliphatic carbocycles. The van der Waals surface area contributed by atoms with Gasteiger partial charge < -0.3 is 5.32 Å². The highest BCUT2D eigenvalue weighted by Gasteiger charge is 2.21. The first-order valence-corrected chi connectivity index (χ1v) is 8.10. The van der Waals surface area contributed by atoms with Crippen LogP contribution in [0.15, 0.2) is 48.5 Å². The van der Waals surface area contributed by atoms with E-state index in [1.165, 1.54) is 24.3 Å². The van der Waals surface area contributed by atoms with Crippen molar-refractivity contribution in [3.8, 4) is 16.9 Å². The molecule has 1 aromatic heterocycles. The van der Waals surface area contributed by atoms with E-state index in [9.17, 15) is 8.78 Å². The van der Waals surface area contributed by atoms with Crippen LogP contribution in [0.3, 0.4) is 0 Å². The fraction of sp³-hybridized carbons (Fsp3) is 0.211. The molecule has 3 nitrogen and oxygen atoms in total. The van der Waals surface area contributed by atoms with Crippen molar-refractivity contribution >= 4 is 5.82 Å². The largest absolute Gasteiger partial charge is 0.370 e. The first kappa shape index (κ1) is 14.9. The third-order valence-corrected chi connectivity index (χ3v) is 4.30. The van der Waals surface area contributed by atoms with Gasteiger partial charge in [0, 0.05) is 17.7 Å². The predicted molar refractivity (Wildman–Crippen MR) is 90.3 cm³/mol. The van der Waals surface area contributed by atoms with E-state index in [0.29, 0.717) is 0 Å². The van der Waals surface area contributed by atoms with Gasteiger partial charge in [-0.25, -0.2) is 13.5 Å². The minimum atomic E-state index is -0.282. The molecular weight excluding hydrogens is 308 g/mol. The molecule has 0 radical (unpaired) electrons. The second-order valence-corrected chi connectivity index (χ2v) is 5.96. The van der Waals surface area contributed by atoms with Crippen LogP contribution in [0, 0.1) is 11.6 Å². The van der Waals surface area contributed by atoms with E-state index in [-0.39, 0.29) is 11.6 Å². The maximum absolute atomic E-state index is 13.6. The first-order valence-electron chi connectivity index (χ1n) is 8.10. The second kappa shape index (κ2) is 6.07. The predicted octanol–water partition coefficient (Wildman–Crippen LogP) is 4.57. The topological polar surface area (TPSA) is 29.9 Å². The highest BCUT2D eigenvalue weighted by atomic mass is 19.1. The normalized spacial score (nSPS) is 13.9. The van der Waals surface area contributed by atoms with Crippen molar-refractivity contribution < 1.29 is 8.78 Å². The van der Waals surface area contributed by atoms with Gasteiger partial charge in [0.2, 0.25) is 0 Å². The van der Waals surface area contributed by atoms with Crippen molar-refractivity contribution in [2.24, 2.45) is 0 Å². The van der Waals surface area contributed by atoms with Gasteiger partial charge in [0.25, 0.3) is 0 Å². The van der Waals surface area contributed by atoms with Crippen LogP contribution in [0.4, 0.5) is 14.6 Å². The summed E-state index contributed by atoms with van der Waals surface area (Å²) in [5, 5.41) is 8.13. The number of nitrogens with zero attached hydrogens (tertiary/aromatic N) is 2. The molecule has 0 saturated carbocycles. The maximum atomic E-state index is 13.6. The molecule has 0 amide bonds. The summed E-state index contributed by atoms with van der Waals surface area (Å²) in [6, 6.07) is 12.7. The summed E-state index contributed by atoms with van der Waals surface area (Å²) in [7, 11) is 0. The van der Waals surface area contributed by atoms with Crippen LogP contribution in [0.1, 0.15) is 18.4 Å². The maximum Gasteiger partial charge on any atom is 0.133 e. The lowest BCUT2D eigenvalue weighted by atomic mass is 10.0. The standard InChI is InChI=1S/C19H17F2N3/c20-14-7-9-16(10-8-14)24-19-17(6-1-2-11-22-19)18(23-24)13-4-3-5-15(21)12-13/h3-5,7-10,12,22H,1-2,6,11H2. The van der Waals surface area contributed by atoms with E-state index >= 15 is 0 Å². The number of anilines is 1. The van der Waals surface area contributed by atoms with E-state index in [1.54, 1.807) is 22.9 Å². The lowest BCUT2D eigenvalue weighted by molar-refractivity contribution is 0.626. The minimum absolute atomic E-state index is 0.279. The van der Waals surface area contributed by atoms with Gasteiger partial charge in [-0.15, -0.1) is 0 Å². The van der Waals surface area contributed by atoms with Gasteiger partial charge in [-0.2, -0.15) is 5.10 Å². The molecule has 0 bridgehead atoms. The summed E-state index contributed by atoms with van der Waals surface area (Å²) in [5.74, 6) is 0.354. The van der Waals surface area contributed by atoms with E-state index in [0.717, 1.165) is 54.1 Å². The second-order valence-electron chi connectivity index (χ2n) is 5.96. The SMILES string of the molecule is Fc1ccc(-n2nc(-c3cccc(F)c3)c3c2NCCCC3)cc1. The minimum Gasteiger partial charge on any atom is -0.370 e. The molecular formula is C19H17F2N3. The Labute approximate surface area is 138 Å². The lowest BCUT2D eigenvalue weighted by Gasteiger charge is -2.09.